The molecule has 0 heterocycles. The molecule has 3 heteroatoms. The maximum atomic E-state index is 7.02. The van der Waals surface area contributed by atoms with Crippen molar-refractivity contribution in [2.75, 3.05) is 0 Å². The number of rotatable bonds is 10. The first-order valence-corrected chi connectivity index (χ1v) is 17.2. The maximum absolute atomic E-state index is 7.02. The molecule has 0 amide bonds. The first-order chi connectivity index (χ1) is 13.8. The summed E-state index contributed by atoms with van der Waals surface area (Å²) >= 11 is 0. The zero-order valence-electron chi connectivity index (χ0n) is 19.2. The summed E-state index contributed by atoms with van der Waals surface area (Å²) in [6, 6.07) is 23.8. The Bertz CT molecular complexity index is 736. The molecule has 0 fully saturated rings. The third-order valence-corrected chi connectivity index (χ3v) is 11.9. The van der Waals surface area contributed by atoms with E-state index in [1.165, 1.54) is 22.3 Å². The van der Waals surface area contributed by atoms with Gasteiger partial charge in [0.05, 0.1) is 0 Å². The molecule has 0 saturated heterocycles. The third kappa shape index (κ3) is 7.92. The highest BCUT2D eigenvalue weighted by Crippen LogP contribution is 2.33. The number of hydrogen-bond donors (Lipinski definition) is 0. The molecule has 0 atom stereocenters. The first kappa shape index (κ1) is 23.6. The minimum absolute atomic E-state index is 1.06. The molecule has 0 unspecified atom stereocenters. The topological polar surface area (TPSA) is 9.23 Å². The molecule has 2 rings (SSSR count). The predicted octanol–water partition coefficient (Wildman–Crippen LogP) is 8.40. The highest BCUT2D eigenvalue weighted by molar-refractivity contribution is 6.86. The Hall–Kier alpha value is -1.69. The van der Waals surface area contributed by atoms with Gasteiger partial charge in [0.1, 0.15) is 0 Å². The summed E-state index contributed by atoms with van der Waals surface area (Å²) in [5.41, 5.74) is 5.58. The summed E-state index contributed by atoms with van der Waals surface area (Å²) in [6.07, 6.45) is 6.89. The standard InChI is InChI=1S/C26H38OSi2/c1-7-15-25(23-17-11-9-12-18-23)21-28(3,4)27-29(5,6)22-26(16-8-2)24-19-13-10-14-20-24/h9-20H,7-8,21-22H2,1-6H3/b25-15-,26-16-. The van der Waals surface area contributed by atoms with Gasteiger partial charge >= 0.3 is 0 Å². The second kappa shape index (κ2) is 10.9. The van der Waals surface area contributed by atoms with E-state index in [1.54, 1.807) is 0 Å². The highest BCUT2D eigenvalue weighted by atomic mass is 28.4. The van der Waals surface area contributed by atoms with Gasteiger partial charge in [-0.25, -0.2) is 0 Å². The number of allylic oxidation sites excluding steroid dienone is 4. The molecule has 1 nitrogen and oxygen atoms in total. The lowest BCUT2D eigenvalue weighted by molar-refractivity contribution is 0.550. The molecule has 0 aliphatic carbocycles. The van der Waals surface area contributed by atoms with Crippen LogP contribution in [0.5, 0.6) is 0 Å². The van der Waals surface area contributed by atoms with Gasteiger partial charge in [0.2, 0.25) is 0 Å². The van der Waals surface area contributed by atoms with Crippen LogP contribution in [0.4, 0.5) is 0 Å². The summed E-state index contributed by atoms with van der Waals surface area (Å²) in [4.78, 5) is 0. The Morgan fingerprint density at radius 3 is 1.31 bits per heavy atom. The van der Waals surface area contributed by atoms with Crippen LogP contribution < -0.4 is 0 Å². The van der Waals surface area contributed by atoms with E-state index in [2.05, 4.69) is 113 Å². The summed E-state index contributed by atoms with van der Waals surface area (Å²) in [5, 5.41) is 0. The van der Waals surface area contributed by atoms with Crippen molar-refractivity contribution in [1.82, 2.24) is 0 Å². The van der Waals surface area contributed by atoms with Crippen molar-refractivity contribution in [3.63, 3.8) is 0 Å². The molecule has 0 radical (unpaired) electrons. The summed E-state index contributed by atoms with van der Waals surface area (Å²) < 4.78 is 7.02. The van der Waals surface area contributed by atoms with Crippen molar-refractivity contribution in [1.29, 1.82) is 0 Å². The molecule has 0 saturated carbocycles. The minimum atomic E-state index is -1.85. The zero-order valence-corrected chi connectivity index (χ0v) is 21.2. The molecule has 0 bridgehead atoms. The fourth-order valence-corrected chi connectivity index (χ4v) is 13.2. The van der Waals surface area contributed by atoms with Crippen LogP contribution in [0.15, 0.2) is 72.8 Å². The molecule has 0 N–H and O–H groups in total. The van der Waals surface area contributed by atoms with Gasteiger partial charge in [-0.3, -0.25) is 0 Å². The molecule has 0 aromatic heterocycles. The van der Waals surface area contributed by atoms with Crippen molar-refractivity contribution in [2.45, 2.75) is 65.0 Å². The lowest BCUT2D eigenvalue weighted by Gasteiger charge is -2.35. The van der Waals surface area contributed by atoms with Crippen LogP contribution in [0.3, 0.4) is 0 Å². The molecule has 29 heavy (non-hydrogen) atoms. The quantitative estimate of drug-likeness (QED) is 0.349. The van der Waals surface area contributed by atoms with E-state index in [0.29, 0.717) is 0 Å². The molecule has 2 aromatic carbocycles. The van der Waals surface area contributed by atoms with Crippen LogP contribution in [-0.4, -0.2) is 16.6 Å². The van der Waals surface area contributed by atoms with Crippen molar-refractivity contribution in [3.8, 4) is 0 Å². The van der Waals surface area contributed by atoms with E-state index in [9.17, 15) is 0 Å². The molecule has 0 aliphatic rings. The van der Waals surface area contributed by atoms with E-state index in [1.807, 2.05) is 0 Å². The van der Waals surface area contributed by atoms with Gasteiger partial charge in [-0.05, 0) is 73.4 Å². The Morgan fingerprint density at radius 1 is 0.655 bits per heavy atom. The van der Waals surface area contributed by atoms with Crippen molar-refractivity contribution in [3.05, 3.63) is 83.9 Å². The fraction of sp³-hybridized carbons (Fsp3) is 0.385. The Balaban J connectivity index is 2.16. The van der Waals surface area contributed by atoms with Crippen molar-refractivity contribution < 1.29 is 4.12 Å². The van der Waals surface area contributed by atoms with E-state index in [4.69, 9.17) is 4.12 Å². The predicted molar refractivity (Wildman–Crippen MR) is 135 cm³/mol. The van der Waals surface area contributed by atoms with E-state index in [-0.39, 0.29) is 0 Å². The molecule has 156 valence electrons. The molecule has 0 spiro atoms. The normalized spacial score (nSPS) is 13.6. The van der Waals surface area contributed by atoms with E-state index >= 15 is 0 Å². The van der Waals surface area contributed by atoms with Crippen LogP contribution in [0.1, 0.15) is 37.8 Å². The SMILES string of the molecule is CC/C=C(/C[Si](C)(C)O[Si](C)(C)C/C(=C/CC)c1ccccc1)c1ccccc1. The van der Waals surface area contributed by atoms with Crippen molar-refractivity contribution in [2.24, 2.45) is 0 Å². The largest absolute Gasteiger partial charge is 0.455 e. The Kier molecular flexibility index (Phi) is 8.87. The Labute approximate surface area is 180 Å². The van der Waals surface area contributed by atoms with Crippen LogP contribution in [0.25, 0.3) is 11.1 Å². The van der Waals surface area contributed by atoms with Gasteiger partial charge in [0.15, 0.2) is 16.6 Å². The second-order valence-corrected chi connectivity index (χ2v) is 17.5. The lowest BCUT2D eigenvalue weighted by atomic mass is 10.1. The molecular formula is C26H38OSi2. The first-order valence-electron chi connectivity index (χ1n) is 11.0. The summed E-state index contributed by atoms with van der Waals surface area (Å²) in [5.74, 6) is 0. The van der Waals surface area contributed by atoms with E-state index in [0.717, 1.165) is 24.9 Å². The minimum Gasteiger partial charge on any atom is -0.455 e. The van der Waals surface area contributed by atoms with Gasteiger partial charge in [-0.1, -0.05) is 86.7 Å². The summed E-state index contributed by atoms with van der Waals surface area (Å²) in [7, 11) is -3.69. The van der Waals surface area contributed by atoms with Crippen LogP contribution in [0.2, 0.25) is 38.3 Å². The summed E-state index contributed by atoms with van der Waals surface area (Å²) in [6.45, 7) is 14.0. The smallest absolute Gasteiger partial charge is 0.177 e. The van der Waals surface area contributed by atoms with Gasteiger partial charge < -0.3 is 4.12 Å². The second-order valence-electron chi connectivity index (χ2n) is 8.98. The average molecular weight is 423 g/mol. The zero-order chi connectivity index (χ0) is 21.3. The van der Waals surface area contributed by atoms with Crippen molar-refractivity contribution >= 4 is 27.8 Å². The molecule has 2 aromatic rings. The Morgan fingerprint density at radius 2 is 1.00 bits per heavy atom. The van der Waals surface area contributed by atoms with Gasteiger partial charge in [-0.2, -0.15) is 0 Å². The maximum Gasteiger partial charge on any atom is 0.177 e. The fourth-order valence-electron chi connectivity index (χ4n) is 4.12. The highest BCUT2D eigenvalue weighted by Gasteiger charge is 2.34. The monoisotopic (exact) mass is 422 g/mol. The van der Waals surface area contributed by atoms with Crippen LogP contribution in [0, 0.1) is 0 Å². The molecular weight excluding hydrogens is 384 g/mol. The van der Waals surface area contributed by atoms with Gasteiger partial charge in [0, 0.05) is 0 Å². The third-order valence-electron chi connectivity index (χ3n) is 4.98. The average Bonchev–Trinajstić information content (AvgIpc) is 2.67. The van der Waals surface area contributed by atoms with E-state index < -0.39 is 16.6 Å². The lowest BCUT2D eigenvalue weighted by Crippen LogP contribution is -2.44. The van der Waals surface area contributed by atoms with Gasteiger partial charge in [0.25, 0.3) is 0 Å². The number of benzene rings is 2. The van der Waals surface area contributed by atoms with Crippen LogP contribution in [-0.2, 0) is 4.12 Å². The van der Waals surface area contributed by atoms with Crippen LogP contribution >= 0.6 is 0 Å². The van der Waals surface area contributed by atoms with Gasteiger partial charge in [-0.15, -0.1) is 0 Å². The number of hydrogen-bond acceptors (Lipinski definition) is 1. The molecule has 0 aliphatic heterocycles.